The lowest BCUT2D eigenvalue weighted by Crippen LogP contribution is -2.54. The molecule has 1 aliphatic heterocycles. The molecule has 0 aromatic carbocycles. The molecule has 0 N–H and O–H groups in total. The van der Waals surface area contributed by atoms with Crippen molar-refractivity contribution in [2.45, 2.75) is 25.8 Å². The van der Waals surface area contributed by atoms with Crippen LogP contribution >= 0.6 is 0 Å². The molecule has 0 aliphatic carbocycles. The molecule has 1 fully saturated rings. The van der Waals surface area contributed by atoms with Crippen molar-refractivity contribution < 1.29 is 9.53 Å². The van der Waals surface area contributed by atoms with Gasteiger partial charge in [-0.05, 0) is 19.9 Å². The second-order valence-corrected chi connectivity index (χ2v) is 5.24. The molecule has 0 bridgehead atoms. The van der Waals surface area contributed by atoms with Gasteiger partial charge in [0.05, 0.1) is 30.9 Å². The Morgan fingerprint density at radius 2 is 2.11 bits per heavy atom. The Kier molecular flexibility index (Phi) is 3.82. The number of hydrogen-bond donors (Lipinski definition) is 0. The Bertz CT molecular complexity index is 420. The first-order valence-electron chi connectivity index (χ1n) is 6.35. The summed E-state index contributed by atoms with van der Waals surface area (Å²) in [6.45, 7) is 7.04. The van der Waals surface area contributed by atoms with Crippen LogP contribution in [0.5, 0.6) is 0 Å². The predicted octanol–water partition coefficient (Wildman–Crippen LogP) is 0.642. The number of nitrogens with zero attached hydrogens (tertiary/aromatic N) is 3. The van der Waals surface area contributed by atoms with Crippen LogP contribution in [0.1, 0.15) is 19.5 Å². The number of ether oxygens (including phenoxy) is 1. The van der Waals surface area contributed by atoms with E-state index >= 15 is 0 Å². The third-order valence-corrected chi connectivity index (χ3v) is 3.59. The van der Waals surface area contributed by atoms with Crippen LogP contribution in [-0.4, -0.2) is 52.3 Å². The van der Waals surface area contributed by atoms with E-state index in [0.717, 1.165) is 18.8 Å². The molecule has 1 aromatic rings. The van der Waals surface area contributed by atoms with Gasteiger partial charge in [-0.2, -0.15) is 5.10 Å². The molecule has 100 valence electrons. The standard InChI is InChI=1S/C13H21N3O2/c1-13(2,16-6-8-18-9-7-16)12(17)10-11-4-5-15(3)14-11/h4-5H,6-10H2,1-3H3. The van der Waals surface area contributed by atoms with E-state index in [2.05, 4.69) is 10.00 Å². The molecule has 5 heteroatoms. The van der Waals surface area contributed by atoms with Crippen LogP contribution in [0.2, 0.25) is 0 Å². The molecular formula is C13H21N3O2. The summed E-state index contributed by atoms with van der Waals surface area (Å²) in [5.74, 6) is 0.211. The van der Waals surface area contributed by atoms with Crippen LogP contribution < -0.4 is 0 Å². The Labute approximate surface area is 108 Å². The summed E-state index contributed by atoms with van der Waals surface area (Å²) in [4.78, 5) is 14.6. The number of ketones is 1. The summed E-state index contributed by atoms with van der Waals surface area (Å²) in [6.07, 6.45) is 2.26. The summed E-state index contributed by atoms with van der Waals surface area (Å²) in [5, 5.41) is 4.26. The monoisotopic (exact) mass is 251 g/mol. The Morgan fingerprint density at radius 3 is 2.67 bits per heavy atom. The van der Waals surface area contributed by atoms with Gasteiger partial charge in [0.1, 0.15) is 0 Å². The van der Waals surface area contributed by atoms with Gasteiger partial charge in [-0.15, -0.1) is 0 Å². The number of morpholine rings is 1. The molecule has 1 aliphatic rings. The lowest BCUT2D eigenvalue weighted by atomic mass is 9.93. The first-order chi connectivity index (χ1) is 8.50. The van der Waals surface area contributed by atoms with Gasteiger partial charge in [0.15, 0.2) is 5.78 Å². The molecule has 1 aromatic heterocycles. The van der Waals surface area contributed by atoms with E-state index in [9.17, 15) is 4.79 Å². The van der Waals surface area contributed by atoms with E-state index in [1.165, 1.54) is 0 Å². The minimum atomic E-state index is -0.443. The normalized spacial score (nSPS) is 17.9. The number of Topliss-reactive ketones (excluding diaryl/α,β-unsaturated/α-hetero) is 1. The zero-order valence-corrected chi connectivity index (χ0v) is 11.3. The van der Waals surface area contributed by atoms with Crippen molar-refractivity contribution in [3.8, 4) is 0 Å². The number of aryl methyl sites for hydroxylation is 1. The summed E-state index contributed by atoms with van der Waals surface area (Å²) < 4.78 is 7.05. The molecule has 0 saturated carbocycles. The van der Waals surface area contributed by atoms with Crippen molar-refractivity contribution in [2.75, 3.05) is 26.3 Å². The quantitative estimate of drug-likeness (QED) is 0.788. The molecule has 2 heterocycles. The topological polar surface area (TPSA) is 47.4 Å². The van der Waals surface area contributed by atoms with Crippen LogP contribution in [0.25, 0.3) is 0 Å². The lowest BCUT2D eigenvalue weighted by molar-refractivity contribution is -0.131. The maximum absolute atomic E-state index is 12.4. The van der Waals surface area contributed by atoms with Crippen molar-refractivity contribution in [3.63, 3.8) is 0 Å². The second kappa shape index (κ2) is 5.20. The van der Waals surface area contributed by atoms with Crippen LogP contribution in [0.4, 0.5) is 0 Å². The van der Waals surface area contributed by atoms with Crippen molar-refractivity contribution in [2.24, 2.45) is 7.05 Å². The second-order valence-electron chi connectivity index (χ2n) is 5.24. The lowest BCUT2D eigenvalue weighted by Gasteiger charge is -2.39. The largest absolute Gasteiger partial charge is 0.379 e. The molecule has 2 rings (SSSR count). The summed E-state index contributed by atoms with van der Waals surface area (Å²) >= 11 is 0. The van der Waals surface area contributed by atoms with Crippen molar-refractivity contribution >= 4 is 5.78 Å². The molecule has 1 saturated heterocycles. The van der Waals surface area contributed by atoms with Gasteiger partial charge in [-0.1, -0.05) is 0 Å². The summed E-state index contributed by atoms with van der Waals surface area (Å²) in [5.41, 5.74) is 0.394. The average Bonchev–Trinajstić information content (AvgIpc) is 2.76. The van der Waals surface area contributed by atoms with Gasteiger partial charge in [-0.3, -0.25) is 14.4 Å². The molecule has 0 radical (unpaired) electrons. The minimum Gasteiger partial charge on any atom is -0.379 e. The first kappa shape index (κ1) is 13.2. The Balaban J connectivity index is 2.02. The molecule has 0 spiro atoms. The van der Waals surface area contributed by atoms with E-state index in [4.69, 9.17) is 4.74 Å². The van der Waals surface area contributed by atoms with Crippen LogP contribution in [-0.2, 0) is 23.0 Å². The fraction of sp³-hybridized carbons (Fsp3) is 0.692. The van der Waals surface area contributed by atoms with Crippen LogP contribution in [0.15, 0.2) is 12.3 Å². The van der Waals surface area contributed by atoms with Crippen LogP contribution in [0, 0.1) is 0 Å². The number of carbonyl (C=O) groups excluding carboxylic acids is 1. The SMILES string of the molecule is Cn1ccc(CC(=O)C(C)(C)N2CCOCC2)n1. The van der Waals surface area contributed by atoms with E-state index in [1.807, 2.05) is 33.2 Å². The third-order valence-electron chi connectivity index (χ3n) is 3.59. The van der Waals surface area contributed by atoms with E-state index < -0.39 is 5.54 Å². The highest BCUT2D eigenvalue weighted by molar-refractivity contribution is 5.89. The van der Waals surface area contributed by atoms with Crippen molar-refractivity contribution in [3.05, 3.63) is 18.0 Å². The molecule has 18 heavy (non-hydrogen) atoms. The number of carbonyl (C=O) groups is 1. The predicted molar refractivity (Wildman–Crippen MR) is 68.4 cm³/mol. The highest BCUT2D eigenvalue weighted by Gasteiger charge is 2.35. The maximum Gasteiger partial charge on any atom is 0.158 e. The summed E-state index contributed by atoms with van der Waals surface area (Å²) in [7, 11) is 1.86. The minimum absolute atomic E-state index is 0.211. The van der Waals surface area contributed by atoms with Gasteiger partial charge >= 0.3 is 0 Å². The van der Waals surface area contributed by atoms with Gasteiger partial charge in [0.2, 0.25) is 0 Å². The van der Waals surface area contributed by atoms with Gasteiger partial charge in [-0.25, -0.2) is 0 Å². The fourth-order valence-electron chi connectivity index (χ4n) is 2.24. The maximum atomic E-state index is 12.4. The van der Waals surface area contributed by atoms with Crippen molar-refractivity contribution in [1.82, 2.24) is 14.7 Å². The third kappa shape index (κ3) is 2.79. The molecule has 0 unspecified atom stereocenters. The van der Waals surface area contributed by atoms with Gasteiger partial charge in [0.25, 0.3) is 0 Å². The molecule has 0 atom stereocenters. The van der Waals surface area contributed by atoms with E-state index in [-0.39, 0.29) is 5.78 Å². The number of hydrogen-bond acceptors (Lipinski definition) is 4. The molecule has 5 nitrogen and oxygen atoms in total. The van der Waals surface area contributed by atoms with Crippen molar-refractivity contribution in [1.29, 1.82) is 0 Å². The zero-order valence-electron chi connectivity index (χ0n) is 11.3. The fourth-order valence-corrected chi connectivity index (χ4v) is 2.24. The average molecular weight is 251 g/mol. The first-order valence-corrected chi connectivity index (χ1v) is 6.35. The van der Waals surface area contributed by atoms with E-state index in [1.54, 1.807) is 4.68 Å². The molecular weight excluding hydrogens is 230 g/mol. The Morgan fingerprint density at radius 1 is 1.44 bits per heavy atom. The van der Waals surface area contributed by atoms with E-state index in [0.29, 0.717) is 19.6 Å². The highest BCUT2D eigenvalue weighted by Crippen LogP contribution is 2.19. The summed E-state index contributed by atoms with van der Waals surface area (Å²) in [6, 6.07) is 1.90. The van der Waals surface area contributed by atoms with Gasteiger partial charge < -0.3 is 4.74 Å². The smallest absolute Gasteiger partial charge is 0.158 e. The highest BCUT2D eigenvalue weighted by atomic mass is 16.5. The van der Waals surface area contributed by atoms with Gasteiger partial charge in [0, 0.05) is 26.3 Å². The number of rotatable bonds is 4. The molecule has 0 amide bonds. The Hall–Kier alpha value is -1.20. The number of aromatic nitrogens is 2. The zero-order chi connectivity index (χ0) is 13.2. The van der Waals surface area contributed by atoms with Crippen LogP contribution in [0.3, 0.4) is 0 Å².